The first-order valence-corrected chi connectivity index (χ1v) is 7.85. The van der Waals surface area contributed by atoms with Gasteiger partial charge < -0.3 is 9.30 Å². The lowest BCUT2D eigenvalue weighted by molar-refractivity contribution is 0.414. The van der Waals surface area contributed by atoms with Crippen molar-refractivity contribution in [2.45, 2.75) is 39.2 Å². The molecule has 0 saturated heterocycles. The van der Waals surface area contributed by atoms with E-state index in [1.807, 2.05) is 12.1 Å². The summed E-state index contributed by atoms with van der Waals surface area (Å²) in [6, 6.07) is 6.12. The Balaban J connectivity index is 1.97. The van der Waals surface area contributed by atoms with Crippen LogP contribution in [0, 0.1) is 6.92 Å². The van der Waals surface area contributed by atoms with E-state index in [0.29, 0.717) is 0 Å². The zero-order valence-corrected chi connectivity index (χ0v) is 13.5. The Morgan fingerprint density at radius 2 is 2.10 bits per heavy atom. The first kappa shape index (κ1) is 13.7. The Hall–Kier alpha value is -1.29. The van der Waals surface area contributed by atoms with Gasteiger partial charge in [-0.2, -0.15) is 0 Å². The Morgan fingerprint density at radius 1 is 1.30 bits per heavy atom. The number of imidazole rings is 1. The Bertz CT molecular complexity index is 634. The molecular formula is C16H19BrN2O. The van der Waals surface area contributed by atoms with E-state index in [1.165, 1.54) is 29.8 Å². The molecule has 0 amide bonds. The summed E-state index contributed by atoms with van der Waals surface area (Å²) in [6.45, 7) is 2.96. The summed E-state index contributed by atoms with van der Waals surface area (Å²) in [5.74, 6) is 2.02. The zero-order chi connectivity index (χ0) is 14.1. The minimum absolute atomic E-state index is 0.853. The van der Waals surface area contributed by atoms with E-state index < -0.39 is 0 Å². The van der Waals surface area contributed by atoms with E-state index in [4.69, 9.17) is 9.72 Å². The molecule has 0 aliphatic heterocycles. The van der Waals surface area contributed by atoms with E-state index in [9.17, 15) is 0 Å². The summed E-state index contributed by atoms with van der Waals surface area (Å²) >= 11 is 3.64. The molecule has 0 bridgehead atoms. The van der Waals surface area contributed by atoms with E-state index in [2.05, 4.69) is 33.5 Å². The van der Waals surface area contributed by atoms with Gasteiger partial charge in [-0.25, -0.2) is 4.98 Å². The van der Waals surface area contributed by atoms with Crippen molar-refractivity contribution in [3.8, 4) is 5.75 Å². The number of rotatable bonds is 3. The average molecular weight is 335 g/mol. The number of hydrogen-bond donors (Lipinski definition) is 0. The molecule has 0 spiro atoms. The van der Waals surface area contributed by atoms with Gasteiger partial charge in [-0.3, -0.25) is 0 Å². The molecule has 1 aromatic heterocycles. The number of aromatic nitrogens is 2. The number of aryl methyl sites for hydroxylation is 2. The molecule has 1 aromatic carbocycles. The van der Waals surface area contributed by atoms with Crippen LogP contribution >= 0.6 is 15.9 Å². The molecule has 0 radical (unpaired) electrons. The van der Waals surface area contributed by atoms with Gasteiger partial charge in [-0.15, -0.1) is 0 Å². The predicted molar refractivity (Wildman–Crippen MR) is 83.4 cm³/mol. The van der Waals surface area contributed by atoms with Gasteiger partial charge in [0.15, 0.2) is 0 Å². The number of halogens is 1. The number of fused-ring (bicyclic) bond motifs is 1. The van der Waals surface area contributed by atoms with Gasteiger partial charge in [-0.1, -0.05) is 15.9 Å². The second kappa shape index (κ2) is 5.60. The topological polar surface area (TPSA) is 27.1 Å². The zero-order valence-electron chi connectivity index (χ0n) is 11.9. The van der Waals surface area contributed by atoms with Crippen LogP contribution in [0.4, 0.5) is 0 Å². The smallest absolute Gasteiger partial charge is 0.119 e. The van der Waals surface area contributed by atoms with Gasteiger partial charge in [0.1, 0.15) is 11.6 Å². The van der Waals surface area contributed by atoms with Crippen molar-refractivity contribution in [1.29, 1.82) is 0 Å². The number of ether oxygens (including phenoxy) is 1. The highest BCUT2D eigenvalue weighted by Gasteiger charge is 2.18. The van der Waals surface area contributed by atoms with Crippen LogP contribution in [0.25, 0.3) is 0 Å². The minimum atomic E-state index is 0.853. The fourth-order valence-electron chi connectivity index (χ4n) is 2.92. The quantitative estimate of drug-likeness (QED) is 0.851. The first-order valence-electron chi connectivity index (χ1n) is 7.06. The molecule has 0 fully saturated rings. The highest BCUT2D eigenvalue weighted by atomic mass is 79.9. The number of hydrogen-bond acceptors (Lipinski definition) is 2. The second-order valence-corrected chi connectivity index (χ2v) is 6.16. The number of nitrogens with zero attached hydrogens (tertiary/aromatic N) is 2. The van der Waals surface area contributed by atoms with Gasteiger partial charge >= 0.3 is 0 Å². The largest absolute Gasteiger partial charge is 0.497 e. The van der Waals surface area contributed by atoms with Crippen LogP contribution < -0.4 is 4.74 Å². The highest BCUT2D eigenvalue weighted by Crippen LogP contribution is 2.27. The van der Waals surface area contributed by atoms with Crippen LogP contribution in [0.1, 0.15) is 35.6 Å². The third-order valence-corrected chi connectivity index (χ3v) is 4.78. The van der Waals surface area contributed by atoms with Gasteiger partial charge in [0.25, 0.3) is 0 Å². The third kappa shape index (κ3) is 2.49. The van der Waals surface area contributed by atoms with E-state index >= 15 is 0 Å². The van der Waals surface area contributed by atoms with Gasteiger partial charge in [0.05, 0.1) is 19.3 Å². The van der Waals surface area contributed by atoms with Crippen molar-refractivity contribution in [2.24, 2.45) is 0 Å². The summed E-state index contributed by atoms with van der Waals surface area (Å²) in [7, 11) is 1.71. The predicted octanol–water partition coefficient (Wildman–Crippen LogP) is 3.89. The second-order valence-electron chi connectivity index (χ2n) is 5.30. The lowest BCUT2D eigenvalue weighted by atomic mass is 10.0. The van der Waals surface area contributed by atoms with Crippen LogP contribution in [0.3, 0.4) is 0 Å². The molecule has 1 aliphatic rings. The fourth-order valence-corrected chi connectivity index (χ4v) is 3.29. The maximum atomic E-state index is 5.33. The van der Waals surface area contributed by atoms with Crippen molar-refractivity contribution in [3.05, 3.63) is 45.4 Å². The van der Waals surface area contributed by atoms with Crippen LogP contribution in [-0.4, -0.2) is 16.7 Å². The standard InChI is InChI=1S/C16H19BrN2O/c1-11-18-15-5-3-4-6-16(15)19(11)10-12-9-13(20-2)7-8-14(12)17/h7-9H,3-6,10H2,1-2H3. The number of benzene rings is 1. The molecule has 0 N–H and O–H groups in total. The van der Waals surface area contributed by atoms with Crippen LogP contribution in [-0.2, 0) is 19.4 Å². The van der Waals surface area contributed by atoms with Crippen molar-refractivity contribution >= 4 is 15.9 Å². The van der Waals surface area contributed by atoms with Crippen molar-refractivity contribution in [1.82, 2.24) is 9.55 Å². The summed E-state index contributed by atoms with van der Waals surface area (Å²) in [4.78, 5) is 4.74. The van der Waals surface area contributed by atoms with Gasteiger partial charge in [-0.05, 0) is 56.4 Å². The van der Waals surface area contributed by atoms with Crippen LogP contribution in [0.5, 0.6) is 5.75 Å². The Kier molecular flexibility index (Phi) is 3.83. The maximum Gasteiger partial charge on any atom is 0.119 e. The lowest BCUT2D eigenvalue weighted by Crippen LogP contribution is -2.10. The maximum absolute atomic E-state index is 5.33. The monoisotopic (exact) mass is 334 g/mol. The molecule has 3 rings (SSSR count). The van der Waals surface area contributed by atoms with E-state index in [-0.39, 0.29) is 0 Å². The van der Waals surface area contributed by atoms with Gasteiger partial charge in [0.2, 0.25) is 0 Å². The molecular weight excluding hydrogens is 316 g/mol. The van der Waals surface area contributed by atoms with Crippen molar-refractivity contribution < 1.29 is 4.74 Å². The third-order valence-electron chi connectivity index (χ3n) is 4.00. The molecule has 4 heteroatoms. The first-order chi connectivity index (χ1) is 9.69. The summed E-state index contributed by atoms with van der Waals surface area (Å²) in [5, 5.41) is 0. The lowest BCUT2D eigenvalue weighted by Gasteiger charge is -2.16. The number of methoxy groups -OCH3 is 1. The Labute approximate surface area is 128 Å². The van der Waals surface area contributed by atoms with Crippen LogP contribution in [0.15, 0.2) is 22.7 Å². The molecule has 0 saturated carbocycles. The Morgan fingerprint density at radius 3 is 2.90 bits per heavy atom. The molecule has 1 heterocycles. The SMILES string of the molecule is COc1ccc(Br)c(Cn2c(C)nc3c2CCCC3)c1. The normalized spacial score (nSPS) is 14.2. The summed E-state index contributed by atoms with van der Waals surface area (Å²) < 4.78 is 8.80. The molecule has 20 heavy (non-hydrogen) atoms. The van der Waals surface area contributed by atoms with Crippen LogP contribution in [0.2, 0.25) is 0 Å². The molecule has 2 aromatic rings. The average Bonchev–Trinajstić information content (AvgIpc) is 2.77. The van der Waals surface area contributed by atoms with Gasteiger partial charge in [0, 0.05) is 10.2 Å². The molecule has 0 atom stereocenters. The highest BCUT2D eigenvalue weighted by molar-refractivity contribution is 9.10. The molecule has 106 valence electrons. The minimum Gasteiger partial charge on any atom is -0.497 e. The van der Waals surface area contributed by atoms with E-state index in [0.717, 1.165) is 35.4 Å². The molecule has 3 nitrogen and oxygen atoms in total. The van der Waals surface area contributed by atoms with Crippen molar-refractivity contribution in [3.63, 3.8) is 0 Å². The van der Waals surface area contributed by atoms with Crippen molar-refractivity contribution in [2.75, 3.05) is 7.11 Å². The van der Waals surface area contributed by atoms with E-state index in [1.54, 1.807) is 7.11 Å². The fraction of sp³-hybridized carbons (Fsp3) is 0.438. The molecule has 0 unspecified atom stereocenters. The summed E-state index contributed by atoms with van der Waals surface area (Å²) in [6.07, 6.45) is 4.82. The summed E-state index contributed by atoms with van der Waals surface area (Å²) in [5.41, 5.74) is 3.95. The molecule has 1 aliphatic carbocycles.